The summed E-state index contributed by atoms with van der Waals surface area (Å²) in [5.41, 5.74) is 1.76. The van der Waals surface area contributed by atoms with Gasteiger partial charge in [0.05, 0.1) is 6.04 Å². The van der Waals surface area contributed by atoms with E-state index in [0.717, 1.165) is 17.5 Å². The number of halogens is 1. The van der Waals surface area contributed by atoms with E-state index in [1.807, 2.05) is 25.1 Å². The van der Waals surface area contributed by atoms with Crippen LogP contribution in [-0.4, -0.2) is 17.9 Å². The Balaban J connectivity index is 1.75. The summed E-state index contributed by atoms with van der Waals surface area (Å²) >= 11 is 6.11. The Morgan fingerprint density at radius 2 is 2.11 bits per heavy atom. The fraction of sp³-hybridized carbons (Fsp3) is 0.562. The van der Waals surface area contributed by atoms with Crippen LogP contribution in [0.15, 0.2) is 18.2 Å². The lowest BCUT2D eigenvalue weighted by atomic mass is 9.84. The Morgan fingerprint density at radius 3 is 2.84 bits per heavy atom. The van der Waals surface area contributed by atoms with Crippen LogP contribution in [0, 0.1) is 12.8 Å². The Labute approximate surface area is 119 Å². The Kier molecular flexibility index (Phi) is 3.64. The van der Waals surface area contributed by atoms with E-state index >= 15 is 0 Å². The van der Waals surface area contributed by atoms with Gasteiger partial charge in [0.25, 0.3) is 0 Å². The summed E-state index contributed by atoms with van der Waals surface area (Å²) in [6.07, 6.45) is 6.11. The molecule has 0 radical (unpaired) electrons. The third-order valence-corrected chi connectivity index (χ3v) is 5.04. The number of carbonyl (C=O) groups excluding carboxylic acids is 1. The van der Waals surface area contributed by atoms with Crippen LogP contribution in [0.5, 0.6) is 0 Å². The number of carbonyl (C=O) groups is 1. The minimum absolute atomic E-state index is 0.00753. The SMILES string of the molecule is Cc1ccc(C(=O)C2CC3CCCCC3N2)cc1Cl. The molecule has 3 rings (SSSR count). The molecule has 1 aliphatic heterocycles. The summed E-state index contributed by atoms with van der Waals surface area (Å²) < 4.78 is 0. The maximum Gasteiger partial charge on any atom is 0.179 e. The summed E-state index contributed by atoms with van der Waals surface area (Å²) in [6, 6.07) is 6.18. The van der Waals surface area contributed by atoms with Gasteiger partial charge in [-0.15, -0.1) is 0 Å². The summed E-state index contributed by atoms with van der Waals surface area (Å²) in [5.74, 6) is 0.903. The van der Waals surface area contributed by atoms with Gasteiger partial charge in [-0.05, 0) is 43.7 Å². The largest absolute Gasteiger partial charge is 0.304 e. The molecule has 3 atom stereocenters. The third kappa shape index (κ3) is 2.56. The zero-order chi connectivity index (χ0) is 13.4. The van der Waals surface area contributed by atoms with Crippen LogP contribution in [-0.2, 0) is 0 Å². The summed E-state index contributed by atoms with van der Waals surface area (Å²) in [4.78, 5) is 12.5. The molecule has 1 N–H and O–H groups in total. The van der Waals surface area contributed by atoms with Gasteiger partial charge >= 0.3 is 0 Å². The molecule has 3 heteroatoms. The van der Waals surface area contributed by atoms with E-state index < -0.39 is 0 Å². The molecule has 102 valence electrons. The van der Waals surface area contributed by atoms with Gasteiger partial charge < -0.3 is 5.32 Å². The lowest BCUT2D eigenvalue weighted by molar-refractivity contribution is 0.0949. The quantitative estimate of drug-likeness (QED) is 0.834. The molecule has 1 aliphatic carbocycles. The highest BCUT2D eigenvalue weighted by Gasteiger charge is 2.38. The molecule has 3 unspecified atom stereocenters. The number of ketones is 1. The minimum atomic E-state index is -0.00753. The zero-order valence-electron chi connectivity index (χ0n) is 11.3. The maximum atomic E-state index is 12.5. The highest BCUT2D eigenvalue weighted by atomic mass is 35.5. The van der Waals surface area contributed by atoms with Gasteiger partial charge in [-0.2, -0.15) is 0 Å². The highest BCUT2D eigenvalue weighted by molar-refractivity contribution is 6.31. The molecule has 0 aromatic heterocycles. The minimum Gasteiger partial charge on any atom is -0.304 e. The summed E-state index contributed by atoms with van der Waals surface area (Å²) in [6.45, 7) is 1.96. The third-order valence-electron chi connectivity index (χ3n) is 4.64. The first-order valence-corrected chi connectivity index (χ1v) is 7.59. The van der Waals surface area contributed by atoms with E-state index in [1.54, 1.807) is 0 Å². The first-order chi connectivity index (χ1) is 9.15. The fourth-order valence-corrected chi connectivity index (χ4v) is 3.65. The molecule has 1 aromatic rings. The predicted octanol–water partition coefficient (Wildman–Crippen LogP) is 3.75. The van der Waals surface area contributed by atoms with Gasteiger partial charge in [-0.25, -0.2) is 0 Å². The number of nitrogens with one attached hydrogen (secondary N) is 1. The van der Waals surface area contributed by atoms with E-state index in [1.165, 1.54) is 25.7 Å². The van der Waals surface area contributed by atoms with Crippen LogP contribution in [0.4, 0.5) is 0 Å². The second-order valence-corrected chi connectivity index (χ2v) is 6.34. The molecule has 2 nitrogen and oxygen atoms in total. The van der Waals surface area contributed by atoms with Crippen molar-refractivity contribution in [1.29, 1.82) is 0 Å². The molecule has 0 spiro atoms. The second kappa shape index (κ2) is 5.26. The van der Waals surface area contributed by atoms with Gasteiger partial charge in [0, 0.05) is 16.6 Å². The monoisotopic (exact) mass is 277 g/mol. The van der Waals surface area contributed by atoms with Crippen LogP contribution in [0.3, 0.4) is 0 Å². The molecule has 0 bridgehead atoms. The number of hydrogen-bond donors (Lipinski definition) is 1. The molecule has 1 aromatic carbocycles. The van der Waals surface area contributed by atoms with Crippen LogP contribution >= 0.6 is 11.6 Å². The molecular weight excluding hydrogens is 258 g/mol. The fourth-order valence-electron chi connectivity index (χ4n) is 3.47. The number of benzene rings is 1. The molecular formula is C16H20ClNO. The van der Waals surface area contributed by atoms with E-state index in [0.29, 0.717) is 17.0 Å². The zero-order valence-corrected chi connectivity index (χ0v) is 12.0. The topological polar surface area (TPSA) is 29.1 Å². The van der Waals surface area contributed by atoms with E-state index in [2.05, 4.69) is 5.32 Å². The van der Waals surface area contributed by atoms with Crippen molar-refractivity contribution < 1.29 is 4.79 Å². The molecule has 2 fully saturated rings. The van der Waals surface area contributed by atoms with Crippen molar-refractivity contribution in [2.75, 3.05) is 0 Å². The second-order valence-electron chi connectivity index (χ2n) is 5.93. The lowest BCUT2D eigenvalue weighted by Gasteiger charge is -2.24. The maximum absolute atomic E-state index is 12.5. The Bertz CT molecular complexity index is 486. The lowest BCUT2D eigenvalue weighted by Crippen LogP contribution is -2.37. The van der Waals surface area contributed by atoms with E-state index in [4.69, 9.17) is 11.6 Å². The standard InChI is InChI=1S/C16H20ClNO/c1-10-6-7-12(8-13(10)17)16(19)15-9-11-4-2-3-5-14(11)18-15/h6-8,11,14-15,18H,2-5,9H2,1H3. The van der Waals surface area contributed by atoms with Crippen molar-refractivity contribution in [3.05, 3.63) is 34.3 Å². The number of Topliss-reactive ketones (excluding diaryl/α,β-unsaturated/α-hetero) is 1. The van der Waals surface area contributed by atoms with Gasteiger partial charge in [0.2, 0.25) is 0 Å². The average molecular weight is 278 g/mol. The number of rotatable bonds is 2. The van der Waals surface area contributed by atoms with E-state index in [-0.39, 0.29) is 11.8 Å². The van der Waals surface area contributed by atoms with Crippen LogP contribution in [0.1, 0.15) is 48.0 Å². The molecule has 1 heterocycles. The normalized spacial score (nSPS) is 30.1. The van der Waals surface area contributed by atoms with Gasteiger partial charge in [-0.1, -0.05) is 36.6 Å². The number of fused-ring (bicyclic) bond motifs is 1. The molecule has 19 heavy (non-hydrogen) atoms. The molecule has 2 aliphatic rings. The summed E-state index contributed by atoms with van der Waals surface area (Å²) in [5, 5.41) is 4.21. The van der Waals surface area contributed by atoms with Gasteiger partial charge in [0.1, 0.15) is 0 Å². The van der Waals surface area contributed by atoms with Crippen molar-refractivity contribution >= 4 is 17.4 Å². The molecule has 1 saturated carbocycles. The number of aryl methyl sites for hydroxylation is 1. The highest BCUT2D eigenvalue weighted by Crippen LogP contribution is 2.34. The van der Waals surface area contributed by atoms with Crippen molar-refractivity contribution in [3.63, 3.8) is 0 Å². The van der Waals surface area contributed by atoms with Crippen molar-refractivity contribution in [2.45, 2.75) is 51.1 Å². The summed E-state index contributed by atoms with van der Waals surface area (Å²) in [7, 11) is 0. The van der Waals surface area contributed by atoms with Crippen LogP contribution < -0.4 is 5.32 Å². The molecule has 0 amide bonds. The van der Waals surface area contributed by atoms with Crippen molar-refractivity contribution in [3.8, 4) is 0 Å². The molecule has 1 saturated heterocycles. The first-order valence-electron chi connectivity index (χ1n) is 7.21. The first kappa shape index (κ1) is 13.1. The van der Waals surface area contributed by atoms with Crippen LogP contribution in [0.25, 0.3) is 0 Å². The van der Waals surface area contributed by atoms with Gasteiger partial charge in [0.15, 0.2) is 5.78 Å². The Hall–Kier alpha value is -0.860. The van der Waals surface area contributed by atoms with Crippen LogP contribution in [0.2, 0.25) is 5.02 Å². The number of hydrogen-bond acceptors (Lipinski definition) is 2. The van der Waals surface area contributed by atoms with Crippen molar-refractivity contribution in [2.24, 2.45) is 5.92 Å². The van der Waals surface area contributed by atoms with E-state index in [9.17, 15) is 4.79 Å². The van der Waals surface area contributed by atoms with Gasteiger partial charge in [-0.3, -0.25) is 4.79 Å². The average Bonchev–Trinajstić information content (AvgIpc) is 2.85. The predicted molar refractivity (Wildman–Crippen MR) is 77.8 cm³/mol. The van der Waals surface area contributed by atoms with Crippen molar-refractivity contribution in [1.82, 2.24) is 5.32 Å². The smallest absolute Gasteiger partial charge is 0.179 e. The Morgan fingerprint density at radius 1 is 1.32 bits per heavy atom.